The van der Waals surface area contributed by atoms with Gasteiger partial charge in [-0.25, -0.2) is 0 Å². The van der Waals surface area contributed by atoms with Crippen LogP contribution in [0.5, 0.6) is 0 Å². The fourth-order valence-corrected chi connectivity index (χ4v) is 13.2. The minimum Gasteiger partial charge on any atom is -0.379 e. The lowest BCUT2D eigenvalue weighted by Gasteiger charge is -2.47. The van der Waals surface area contributed by atoms with Crippen LogP contribution in [-0.4, -0.2) is 69.6 Å². The topological polar surface area (TPSA) is 88.1 Å². The minimum absolute atomic E-state index is 0.0178. The predicted octanol–water partition coefficient (Wildman–Crippen LogP) is 8.26. The van der Waals surface area contributed by atoms with Crippen molar-refractivity contribution in [2.75, 3.05) is 52.9 Å². The van der Waals surface area contributed by atoms with Crippen molar-refractivity contribution >= 4 is 18.2 Å². The van der Waals surface area contributed by atoms with Gasteiger partial charge in [-0.05, 0) is 73.0 Å². The van der Waals surface area contributed by atoms with Crippen molar-refractivity contribution in [3.8, 4) is 0 Å². The largest absolute Gasteiger partial charge is 0.379 e. The molecule has 0 heterocycles. The van der Waals surface area contributed by atoms with E-state index in [4.69, 9.17) is 18.9 Å². The van der Waals surface area contributed by atoms with Gasteiger partial charge in [0.25, 0.3) is 0 Å². The Morgan fingerprint density at radius 2 is 1.02 bits per heavy atom. The molecule has 0 amide bonds. The summed E-state index contributed by atoms with van der Waals surface area (Å²) in [4.78, 5) is 30.0. The highest BCUT2D eigenvalue weighted by Crippen LogP contribution is 2.64. The van der Waals surface area contributed by atoms with Crippen LogP contribution in [0.15, 0.2) is 25.3 Å². The maximum Gasteiger partial charge on any atom is 0.214 e. The highest BCUT2D eigenvalue weighted by atomic mass is 31.2. The quantitative estimate of drug-likeness (QED) is 0.0781. The third kappa shape index (κ3) is 9.53. The summed E-state index contributed by atoms with van der Waals surface area (Å²) >= 11 is 0. The van der Waals surface area contributed by atoms with Crippen molar-refractivity contribution in [2.24, 2.45) is 59.2 Å². The van der Waals surface area contributed by atoms with Gasteiger partial charge in [-0.1, -0.05) is 73.0 Å². The molecule has 0 spiro atoms. The molecule has 3 aliphatic carbocycles. The summed E-state index contributed by atoms with van der Waals surface area (Å²) in [6, 6.07) is 0. The summed E-state index contributed by atoms with van der Waals surface area (Å²) in [6.45, 7) is 24.4. The Hall–Kier alpha value is -1.11. The molecule has 0 aromatic carbocycles. The number of ether oxygens (including phenoxy) is 4. The predicted molar refractivity (Wildman–Crippen MR) is 186 cm³/mol. The monoisotopic (exact) mass is 664 g/mol. The lowest BCUT2D eigenvalue weighted by atomic mass is 9.64. The zero-order valence-corrected chi connectivity index (χ0v) is 30.7. The summed E-state index contributed by atoms with van der Waals surface area (Å²) in [5, 5.41) is 0. The van der Waals surface area contributed by atoms with Gasteiger partial charge in [-0.2, -0.15) is 0 Å². The molecule has 0 aliphatic heterocycles. The van der Waals surface area contributed by atoms with E-state index in [2.05, 4.69) is 54.7 Å². The van der Waals surface area contributed by atoms with Gasteiger partial charge in [-0.3, -0.25) is 9.59 Å². The van der Waals surface area contributed by atoms with Crippen LogP contribution >= 0.6 is 7.14 Å². The third-order valence-corrected chi connectivity index (χ3v) is 15.3. The lowest BCUT2D eigenvalue weighted by Crippen LogP contribution is -2.47. The van der Waals surface area contributed by atoms with Gasteiger partial charge in [0, 0.05) is 17.5 Å². The fraction of sp³-hybridized carbons (Fsp3) is 0.842. The first kappa shape index (κ1) is 39.3. The lowest BCUT2D eigenvalue weighted by molar-refractivity contribution is -0.126. The molecule has 0 radical (unpaired) electrons. The van der Waals surface area contributed by atoms with Gasteiger partial charge in [0.15, 0.2) is 0 Å². The average molecular weight is 665 g/mol. The van der Waals surface area contributed by atoms with Gasteiger partial charge < -0.3 is 23.5 Å². The summed E-state index contributed by atoms with van der Waals surface area (Å²) in [7, 11) is -3.86. The molecule has 0 aromatic rings. The number of hydrogen-bond donors (Lipinski definition) is 0. The Labute approximate surface area is 280 Å². The summed E-state index contributed by atoms with van der Waals surface area (Å²) < 4.78 is 38.7. The molecule has 10 atom stereocenters. The molecular weight excluding hydrogens is 599 g/mol. The zero-order valence-electron chi connectivity index (χ0n) is 29.8. The number of carbonyl (C=O) groups excluding carboxylic acids is 2. The van der Waals surface area contributed by atoms with E-state index < -0.39 is 19.0 Å². The Balaban J connectivity index is 1.85. The summed E-state index contributed by atoms with van der Waals surface area (Å²) in [5.74, 6) is 0.357. The maximum atomic E-state index is 15.6. The van der Waals surface area contributed by atoms with Crippen LogP contribution in [0.2, 0.25) is 0 Å². The van der Waals surface area contributed by atoms with Crippen molar-refractivity contribution in [1.29, 1.82) is 0 Å². The van der Waals surface area contributed by atoms with Gasteiger partial charge in [0.1, 0.15) is 0 Å². The van der Waals surface area contributed by atoms with E-state index in [0.29, 0.717) is 77.5 Å². The molecule has 3 rings (SSSR count). The molecule has 8 heteroatoms. The normalized spacial score (nSPS) is 35.3. The first-order valence-electron chi connectivity index (χ1n) is 18.2. The van der Waals surface area contributed by atoms with E-state index in [1.165, 1.54) is 0 Å². The molecule has 264 valence electrons. The Morgan fingerprint density at radius 1 is 0.630 bits per heavy atom. The van der Waals surface area contributed by atoms with E-state index in [9.17, 15) is 9.59 Å². The summed E-state index contributed by atoms with van der Waals surface area (Å²) in [5.41, 5.74) is -0.770. The molecule has 0 aromatic heterocycles. The Kier molecular flexibility index (Phi) is 16.4. The van der Waals surface area contributed by atoms with Gasteiger partial charge >= 0.3 is 0 Å². The highest BCUT2D eigenvalue weighted by molar-refractivity contribution is 7.94. The Morgan fingerprint density at radius 3 is 1.41 bits per heavy atom. The molecule has 3 saturated carbocycles. The van der Waals surface area contributed by atoms with E-state index in [0.717, 1.165) is 32.1 Å². The molecule has 46 heavy (non-hydrogen) atoms. The first-order valence-corrected chi connectivity index (χ1v) is 20.0. The second-order valence-electron chi connectivity index (χ2n) is 15.0. The summed E-state index contributed by atoms with van der Waals surface area (Å²) in [6.07, 6.45) is 9.54. The van der Waals surface area contributed by atoms with Crippen LogP contribution in [0.3, 0.4) is 0 Å². The standard InChI is InChI=1S/C38H65O7P/c1-9-16-42-18-20-44-24-33-26(3)22-28(5)35(30(33)7)37(39)46(41,32-14-12-11-13-15-32)38(40)36-29(6)23-27(4)34(31(36)8)25-45-21-19-43-17-10-2/h9-10,26-36H,1-2,11-25H2,3-8H3. The molecule has 10 unspecified atom stereocenters. The van der Waals surface area contributed by atoms with E-state index in [1.54, 1.807) is 12.2 Å². The van der Waals surface area contributed by atoms with Crippen molar-refractivity contribution in [3.05, 3.63) is 25.3 Å². The van der Waals surface area contributed by atoms with Crippen molar-refractivity contribution in [1.82, 2.24) is 0 Å². The molecule has 0 saturated heterocycles. The molecule has 0 bridgehead atoms. The van der Waals surface area contributed by atoms with Crippen LogP contribution in [0.1, 0.15) is 86.5 Å². The zero-order chi connectivity index (χ0) is 33.9. The van der Waals surface area contributed by atoms with Gasteiger partial charge in [-0.15, -0.1) is 13.2 Å². The molecular formula is C38H65O7P. The van der Waals surface area contributed by atoms with Gasteiger partial charge in [0.05, 0.1) is 52.9 Å². The highest BCUT2D eigenvalue weighted by Gasteiger charge is 2.57. The Bertz CT molecular complexity index is 955. The van der Waals surface area contributed by atoms with Gasteiger partial charge in [0.2, 0.25) is 18.2 Å². The molecule has 0 N–H and O–H groups in total. The number of rotatable bonds is 19. The van der Waals surface area contributed by atoms with Crippen LogP contribution < -0.4 is 0 Å². The number of carbonyl (C=O) groups is 2. The van der Waals surface area contributed by atoms with Crippen molar-refractivity contribution < 1.29 is 33.1 Å². The first-order chi connectivity index (χ1) is 22.0. The smallest absolute Gasteiger partial charge is 0.214 e. The minimum atomic E-state index is -3.86. The van der Waals surface area contributed by atoms with Crippen LogP contribution in [-0.2, 0) is 33.1 Å². The maximum absolute atomic E-state index is 15.6. The van der Waals surface area contributed by atoms with E-state index in [1.807, 2.05) is 0 Å². The second kappa shape index (κ2) is 19.2. The molecule has 3 aliphatic rings. The van der Waals surface area contributed by atoms with Crippen LogP contribution in [0, 0.1) is 59.2 Å². The van der Waals surface area contributed by atoms with Crippen molar-refractivity contribution in [3.63, 3.8) is 0 Å². The second-order valence-corrected chi connectivity index (χ2v) is 17.9. The average Bonchev–Trinajstić information content (AvgIpc) is 3.02. The van der Waals surface area contributed by atoms with E-state index >= 15 is 4.57 Å². The van der Waals surface area contributed by atoms with Crippen LogP contribution in [0.25, 0.3) is 0 Å². The number of hydrogen-bond acceptors (Lipinski definition) is 7. The molecule has 3 fully saturated rings. The molecule has 7 nitrogen and oxygen atoms in total. The SMILES string of the molecule is C=CCOCCOCC1C(C)CC(C)C(C(=O)P(=O)(C(=O)C2C(C)CC(C)C(COCCOCC=C)C2C)C2CCCCC2)C1C. The van der Waals surface area contributed by atoms with E-state index in [-0.39, 0.29) is 52.2 Å². The fourth-order valence-electron chi connectivity index (χ4n) is 9.35. The van der Waals surface area contributed by atoms with Crippen molar-refractivity contribution in [2.45, 2.75) is 92.1 Å². The third-order valence-electron chi connectivity index (χ3n) is 11.8. The van der Waals surface area contributed by atoms with Crippen LogP contribution in [0.4, 0.5) is 0 Å².